The van der Waals surface area contributed by atoms with Crippen LogP contribution in [-0.2, 0) is 14.3 Å². The van der Waals surface area contributed by atoms with Crippen LogP contribution in [0.2, 0.25) is 0 Å². The van der Waals surface area contributed by atoms with Crippen LogP contribution in [-0.4, -0.2) is 37.0 Å². The SMILES string of the molecule is CCC1=CC(c2ccc([N+](=O)[O-])cc2)C(C(=O)OCC(C#N)CCCCN=[N+]=[N-])=C(C(=O)NC)N1. The van der Waals surface area contributed by atoms with E-state index in [2.05, 4.69) is 26.7 Å². The summed E-state index contributed by atoms with van der Waals surface area (Å²) < 4.78 is 5.46. The zero-order valence-electron chi connectivity index (χ0n) is 19.6. The van der Waals surface area contributed by atoms with Crippen LogP contribution in [0.1, 0.15) is 44.1 Å². The lowest BCUT2D eigenvalue weighted by Crippen LogP contribution is -2.36. The first kappa shape index (κ1) is 26.9. The second kappa shape index (κ2) is 13.4. The monoisotopic (exact) mass is 481 g/mol. The van der Waals surface area contributed by atoms with Gasteiger partial charge in [0, 0.05) is 42.3 Å². The quantitative estimate of drug-likeness (QED) is 0.0866. The van der Waals surface area contributed by atoms with Gasteiger partial charge in [0.15, 0.2) is 0 Å². The van der Waals surface area contributed by atoms with E-state index in [9.17, 15) is 25.0 Å². The summed E-state index contributed by atoms with van der Waals surface area (Å²) in [6.45, 7) is 2.04. The smallest absolute Gasteiger partial charge is 0.337 e. The van der Waals surface area contributed by atoms with E-state index in [1.54, 1.807) is 6.08 Å². The van der Waals surface area contributed by atoms with Gasteiger partial charge in [-0.15, -0.1) is 0 Å². The summed E-state index contributed by atoms with van der Waals surface area (Å²) in [7, 11) is 1.44. The highest BCUT2D eigenvalue weighted by molar-refractivity contribution is 6.04. The largest absolute Gasteiger partial charge is 0.461 e. The van der Waals surface area contributed by atoms with E-state index in [0.717, 1.165) is 0 Å². The topological polar surface area (TPSA) is 183 Å². The molecule has 1 aliphatic heterocycles. The summed E-state index contributed by atoms with van der Waals surface area (Å²) in [5.74, 6) is -2.53. The minimum Gasteiger partial charge on any atom is -0.461 e. The van der Waals surface area contributed by atoms with Crippen molar-refractivity contribution < 1.29 is 19.2 Å². The van der Waals surface area contributed by atoms with Crippen LogP contribution in [0.3, 0.4) is 0 Å². The Morgan fingerprint density at radius 3 is 2.66 bits per heavy atom. The molecule has 35 heavy (non-hydrogen) atoms. The Bertz CT molecular complexity index is 1100. The highest BCUT2D eigenvalue weighted by Gasteiger charge is 2.33. The van der Waals surface area contributed by atoms with Crippen LogP contribution in [0.4, 0.5) is 5.69 Å². The standard InChI is InChI=1S/C23H27N7O5/c1-3-17-12-19(16-7-9-18(10-8-16)30(33)34)20(21(28-17)22(31)26-2)23(32)35-14-15(13-24)6-4-5-11-27-29-25/h7-10,12,15,19,28H,3-6,11,14H2,1-2H3,(H,26,31). The van der Waals surface area contributed by atoms with Crippen molar-refractivity contribution in [1.82, 2.24) is 10.6 Å². The van der Waals surface area contributed by atoms with Gasteiger partial charge in [0.1, 0.15) is 12.3 Å². The van der Waals surface area contributed by atoms with Crippen molar-refractivity contribution in [2.75, 3.05) is 20.2 Å². The van der Waals surface area contributed by atoms with Crippen molar-refractivity contribution in [3.63, 3.8) is 0 Å². The van der Waals surface area contributed by atoms with E-state index in [0.29, 0.717) is 43.5 Å². The predicted molar refractivity (Wildman–Crippen MR) is 126 cm³/mol. The third-order valence-corrected chi connectivity index (χ3v) is 5.47. The van der Waals surface area contributed by atoms with E-state index in [4.69, 9.17) is 10.3 Å². The van der Waals surface area contributed by atoms with E-state index in [1.165, 1.54) is 31.3 Å². The number of benzene rings is 1. The highest BCUT2D eigenvalue weighted by atomic mass is 16.6. The van der Waals surface area contributed by atoms with Gasteiger partial charge in [0.05, 0.1) is 22.5 Å². The molecule has 12 nitrogen and oxygen atoms in total. The number of ether oxygens (including phenoxy) is 1. The summed E-state index contributed by atoms with van der Waals surface area (Å²) in [6, 6.07) is 7.85. The van der Waals surface area contributed by atoms with Gasteiger partial charge in [-0.1, -0.05) is 36.7 Å². The van der Waals surface area contributed by atoms with Gasteiger partial charge in [-0.25, -0.2) is 4.79 Å². The average Bonchev–Trinajstić information content (AvgIpc) is 2.88. The first-order valence-corrected chi connectivity index (χ1v) is 11.1. The van der Waals surface area contributed by atoms with Gasteiger partial charge in [0.2, 0.25) is 0 Å². The van der Waals surface area contributed by atoms with Crippen molar-refractivity contribution in [2.24, 2.45) is 11.0 Å². The Hall–Kier alpha value is -4.36. The number of hydrogen-bond donors (Lipinski definition) is 2. The fourth-order valence-corrected chi connectivity index (χ4v) is 3.57. The molecule has 1 heterocycles. The number of nitro groups is 1. The zero-order chi connectivity index (χ0) is 25.8. The molecule has 0 saturated carbocycles. The molecule has 0 aliphatic carbocycles. The van der Waals surface area contributed by atoms with Crippen molar-refractivity contribution in [1.29, 1.82) is 5.26 Å². The van der Waals surface area contributed by atoms with Gasteiger partial charge < -0.3 is 15.4 Å². The summed E-state index contributed by atoms with van der Waals surface area (Å²) in [4.78, 5) is 39.1. The molecule has 2 N–H and O–H groups in total. The lowest BCUT2D eigenvalue weighted by Gasteiger charge is -2.27. The number of carbonyl (C=O) groups is 2. The maximum absolute atomic E-state index is 13.2. The zero-order valence-corrected chi connectivity index (χ0v) is 19.6. The maximum Gasteiger partial charge on any atom is 0.337 e. The minimum absolute atomic E-state index is 0.0306. The number of nitrogens with zero attached hydrogens (tertiary/aromatic N) is 5. The van der Waals surface area contributed by atoms with Crippen molar-refractivity contribution in [3.05, 3.63) is 73.4 Å². The molecule has 0 saturated heterocycles. The van der Waals surface area contributed by atoms with Crippen LogP contribution in [0, 0.1) is 27.4 Å². The lowest BCUT2D eigenvalue weighted by molar-refractivity contribution is -0.384. The van der Waals surface area contributed by atoms with Crippen molar-refractivity contribution >= 4 is 17.6 Å². The van der Waals surface area contributed by atoms with Gasteiger partial charge in [-0.2, -0.15) is 5.26 Å². The van der Waals surface area contributed by atoms with Crippen LogP contribution < -0.4 is 10.6 Å². The molecule has 2 atom stereocenters. The first-order valence-electron chi connectivity index (χ1n) is 11.1. The highest BCUT2D eigenvalue weighted by Crippen LogP contribution is 2.34. The number of non-ortho nitro benzene ring substituents is 1. The Morgan fingerprint density at radius 1 is 1.37 bits per heavy atom. The summed E-state index contributed by atoms with van der Waals surface area (Å²) in [6.07, 6.45) is 4.02. The van der Waals surface area contributed by atoms with Crippen molar-refractivity contribution in [2.45, 2.75) is 38.5 Å². The van der Waals surface area contributed by atoms with Crippen LogP contribution in [0.25, 0.3) is 10.4 Å². The molecule has 1 aliphatic rings. The molecule has 1 aromatic carbocycles. The normalized spacial score (nSPS) is 15.6. The number of carbonyl (C=O) groups excluding carboxylic acids is 2. The number of azide groups is 1. The third-order valence-electron chi connectivity index (χ3n) is 5.47. The number of dihydropyridines is 1. The third kappa shape index (κ3) is 7.31. The molecule has 0 spiro atoms. The maximum atomic E-state index is 13.2. The number of nitriles is 1. The summed E-state index contributed by atoms with van der Waals surface area (Å²) in [5, 5.41) is 29.4. The molecule has 12 heteroatoms. The van der Waals surface area contributed by atoms with Crippen LogP contribution in [0.15, 0.2) is 52.4 Å². The van der Waals surface area contributed by atoms with Gasteiger partial charge in [-0.3, -0.25) is 14.9 Å². The molecule has 1 aromatic rings. The van der Waals surface area contributed by atoms with Gasteiger partial charge in [-0.05, 0) is 30.4 Å². The number of esters is 1. The van der Waals surface area contributed by atoms with E-state index in [-0.39, 0.29) is 23.6 Å². The van der Waals surface area contributed by atoms with E-state index < -0.39 is 28.6 Å². The Labute approximate surface area is 202 Å². The molecule has 2 unspecified atom stereocenters. The first-order chi connectivity index (χ1) is 16.9. The Kier molecular flexibility index (Phi) is 10.3. The minimum atomic E-state index is -0.764. The second-order valence-electron chi connectivity index (χ2n) is 7.74. The number of allylic oxidation sites excluding steroid dienone is 2. The molecule has 0 radical (unpaired) electrons. The molecule has 2 rings (SSSR count). The second-order valence-corrected chi connectivity index (χ2v) is 7.74. The summed E-state index contributed by atoms with van der Waals surface area (Å²) >= 11 is 0. The Morgan fingerprint density at radius 2 is 2.09 bits per heavy atom. The van der Waals surface area contributed by atoms with Crippen molar-refractivity contribution in [3.8, 4) is 6.07 Å². The molecule has 1 amide bonds. The molecule has 184 valence electrons. The van der Waals surface area contributed by atoms with Crippen LogP contribution in [0.5, 0.6) is 0 Å². The molecule has 0 fully saturated rings. The molecule has 0 bridgehead atoms. The van der Waals surface area contributed by atoms with Crippen LogP contribution >= 0.6 is 0 Å². The van der Waals surface area contributed by atoms with E-state index in [1.807, 2.05) is 6.92 Å². The van der Waals surface area contributed by atoms with E-state index >= 15 is 0 Å². The number of likely N-dealkylation sites (N-methyl/N-ethyl adjacent to an activating group) is 1. The molecular weight excluding hydrogens is 454 g/mol. The van der Waals surface area contributed by atoms with Gasteiger partial charge in [0.25, 0.3) is 11.6 Å². The number of amides is 1. The number of nitrogens with one attached hydrogen (secondary N) is 2. The fourth-order valence-electron chi connectivity index (χ4n) is 3.57. The van der Waals surface area contributed by atoms with Gasteiger partial charge >= 0.3 is 5.97 Å². The lowest BCUT2D eigenvalue weighted by atomic mass is 9.85. The number of nitro benzene ring substituents is 1. The molecular formula is C23H27N7O5. The predicted octanol–water partition coefficient (Wildman–Crippen LogP) is 3.74. The number of rotatable bonds is 12. The Balaban J connectivity index is 2.31. The summed E-state index contributed by atoms with van der Waals surface area (Å²) in [5.41, 5.74) is 9.59. The molecule has 0 aromatic heterocycles. The fraction of sp³-hybridized carbons (Fsp3) is 0.435. The number of unbranched alkanes of at least 4 members (excludes halogenated alkanes) is 1. The number of hydrogen-bond acceptors (Lipinski definition) is 8. The average molecular weight is 482 g/mol.